The number of anilines is 1. The van der Waals surface area contributed by atoms with Crippen LogP contribution in [0, 0.1) is 0 Å². The Morgan fingerprint density at radius 2 is 2.09 bits per heavy atom. The molecular formula is C13H11ClN4O4. The van der Waals surface area contributed by atoms with Gasteiger partial charge in [-0.1, -0.05) is 11.6 Å². The number of pyridine rings is 1. The number of nitrogens with zero attached hydrogens (tertiary/aromatic N) is 2. The summed E-state index contributed by atoms with van der Waals surface area (Å²) in [5, 5.41) is 2.63. The second-order valence-corrected chi connectivity index (χ2v) is 4.41. The zero-order valence-electron chi connectivity index (χ0n) is 11.4. The predicted molar refractivity (Wildman–Crippen MR) is 78.0 cm³/mol. The van der Waals surface area contributed by atoms with E-state index in [0.29, 0.717) is 0 Å². The van der Waals surface area contributed by atoms with Crippen LogP contribution in [-0.4, -0.2) is 33.4 Å². The summed E-state index contributed by atoms with van der Waals surface area (Å²) in [6, 6.07) is 2.92. The van der Waals surface area contributed by atoms with Crippen molar-refractivity contribution in [3.63, 3.8) is 0 Å². The summed E-state index contributed by atoms with van der Waals surface area (Å²) in [6.07, 6.45) is 2.31. The minimum absolute atomic E-state index is 0.0991. The molecule has 0 aliphatic rings. The van der Waals surface area contributed by atoms with Crippen LogP contribution in [0.1, 0.15) is 27.6 Å². The Kier molecular flexibility index (Phi) is 4.84. The fourth-order valence-corrected chi connectivity index (χ4v) is 1.61. The molecule has 2 aromatic heterocycles. The van der Waals surface area contributed by atoms with E-state index in [-0.39, 0.29) is 28.8 Å². The van der Waals surface area contributed by atoms with Crippen molar-refractivity contribution in [1.29, 1.82) is 0 Å². The molecule has 2 aromatic rings. The third kappa shape index (κ3) is 3.67. The molecule has 0 aromatic carbocycles. The first-order valence-corrected chi connectivity index (χ1v) is 6.58. The average molecular weight is 323 g/mol. The zero-order valence-corrected chi connectivity index (χ0v) is 12.2. The molecule has 0 saturated heterocycles. The SMILES string of the molecule is CCOC(=O)c1cnc(NC(=O)c2ccc(Cl)nc2)[nH]c1=O. The Bertz CT molecular complexity index is 757. The van der Waals surface area contributed by atoms with Gasteiger partial charge in [-0.3, -0.25) is 19.9 Å². The van der Waals surface area contributed by atoms with Crippen molar-refractivity contribution in [2.24, 2.45) is 0 Å². The van der Waals surface area contributed by atoms with E-state index >= 15 is 0 Å². The van der Waals surface area contributed by atoms with Gasteiger partial charge in [0.2, 0.25) is 5.95 Å². The van der Waals surface area contributed by atoms with Crippen molar-refractivity contribution in [2.45, 2.75) is 6.92 Å². The molecule has 1 amide bonds. The van der Waals surface area contributed by atoms with Crippen molar-refractivity contribution < 1.29 is 14.3 Å². The van der Waals surface area contributed by atoms with Gasteiger partial charge >= 0.3 is 5.97 Å². The molecule has 9 heteroatoms. The van der Waals surface area contributed by atoms with Gasteiger partial charge in [0.05, 0.1) is 18.4 Å². The summed E-state index contributed by atoms with van der Waals surface area (Å²) < 4.78 is 4.70. The number of hydrogen-bond acceptors (Lipinski definition) is 6. The molecule has 0 atom stereocenters. The number of esters is 1. The second kappa shape index (κ2) is 6.81. The van der Waals surface area contributed by atoms with E-state index in [1.165, 1.54) is 18.3 Å². The number of halogens is 1. The standard InChI is InChI=1S/C13H11ClN4O4/c1-2-22-12(21)8-6-16-13(18-11(8)20)17-10(19)7-3-4-9(14)15-5-7/h3-6H,2H2,1H3,(H2,16,17,18,19,20). The lowest BCUT2D eigenvalue weighted by atomic mass is 10.3. The van der Waals surface area contributed by atoms with Gasteiger partial charge in [0.15, 0.2) is 0 Å². The number of aromatic nitrogens is 3. The first-order chi connectivity index (χ1) is 10.5. The Hall–Kier alpha value is -2.74. The maximum absolute atomic E-state index is 11.9. The summed E-state index contributed by atoms with van der Waals surface area (Å²) in [6.45, 7) is 1.76. The van der Waals surface area contributed by atoms with Gasteiger partial charge in [0.25, 0.3) is 11.5 Å². The highest BCUT2D eigenvalue weighted by atomic mass is 35.5. The highest BCUT2D eigenvalue weighted by Crippen LogP contribution is 2.07. The van der Waals surface area contributed by atoms with Crippen molar-refractivity contribution >= 4 is 29.4 Å². The minimum Gasteiger partial charge on any atom is -0.462 e. The molecule has 0 aliphatic carbocycles. The number of carbonyl (C=O) groups is 2. The number of hydrogen-bond donors (Lipinski definition) is 2. The van der Waals surface area contributed by atoms with Crippen LogP contribution in [-0.2, 0) is 4.74 Å². The summed E-state index contributed by atoms with van der Waals surface area (Å²) >= 11 is 5.62. The van der Waals surface area contributed by atoms with Crippen LogP contribution in [0.5, 0.6) is 0 Å². The number of ether oxygens (including phenoxy) is 1. The number of aromatic amines is 1. The number of carbonyl (C=O) groups excluding carboxylic acids is 2. The normalized spacial score (nSPS) is 10.1. The molecule has 2 N–H and O–H groups in total. The Balaban J connectivity index is 2.15. The van der Waals surface area contributed by atoms with Gasteiger partial charge in [0.1, 0.15) is 10.7 Å². The molecule has 0 spiro atoms. The molecule has 0 radical (unpaired) electrons. The van der Waals surface area contributed by atoms with E-state index in [1.54, 1.807) is 6.92 Å². The lowest BCUT2D eigenvalue weighted by Gasteiger charge is -2.05. The Labute approximate surface area is 129 Å². The van der Waals surface area contributed by atoms with Crippen LogP contribution in [0.15, 0.2) is 29.3 Å². The Morgan fingerprint density at radius 1 is 1.32 bits per heavy atom. The van der Waals surface area contributed by atoms with Crippen LogP contribution in [0.4, 0.5) is 5.95 Å². The fourth-order valence-electron chi connectivity index (χ4n) is 1.50. The van der Waals surface area contributed by atoms with Crippen LogP contribution in [0.2, 0.25) is 5.15 Å². The Morgan fingerprint density at radius 3 is 2.68 bits per heavy atom. The molecule has 0 fully saturated rings. The number of amides is 1. The van der Waals surface area contributed by atoms with Crippen LogP contribution >= 0.6 is 11.6 Å². The second-order valence-electron chi connectivity index (χ2n) is 4.02. The predicted octanol–water partition coefficient (Wildman–Crippen LogP) is 1.25. The maximum atomic E-state index is 11.9. The molecule has 22 heavy (non-hydrogen) atoms. The topological polar surface area (TPSA) is 114 Å². The summed E-state index contributed by atoms with van der Waals surface area (Å²) in [4.78, 5) is 45.0. The van der Waals surface area contributed by atoms with Gasteiger partial charge in [-0.25, -0.2) is 14.8 Å². The van der Waals surface area contributed by atoms with E-state index in [0.717, 1.165) is 6.20 Å². The molecule has 2 heterocycles. The molecule has 8 nitrogen and oxygen atoms in total. The first kappa shape index (κ1) is 15.6. The van der Waals surface area contributed by atoms with Crippen molar-refractivity contribution in [2.75, 3.05) is 11.9 Å². The molecule has 2 rings (SSSR count). The lowest BCUT2D eigenvalue weighted by Crippen LogP contribution is -2.23. The van der Waals surface area contributed by atoms with Crippen molar-refractivity contribution in [3.8, 4) is 0 Å². The van der Waals surface area contributed by atoms with Crippen LogP contribution in [0.25, 0.3) is 0 Å². The molecule has 0 unspecified atom stereocenters. The largest absolute Gasteiger partial charge is 0.462 e. The smallest absolute Gasteiger partial charge is 0.345 e. The third-order valence-electron chi connectivity index (χ3n) is 2.52. The summed E-state index contributed by atoms with van der Waals surface area (Å²) in [7, 11) is 0. The maximum Gasteiger partial charge on any atom is 0.345 e. The number of rotatable bonds is 4. The monoisotopic (exact) mass is 322 g/mol. The molecule has 0 saturated carbocycles. The molecular weight excluding hydrogens is 312 g/mol. The number of nitrogens with one attached hydrogen (secondary N) is 2. The van der Waals surface area contributed by atoms with Gasteiger partial charge in [-0.15, -0.1) is 0 Å². The lowest BCUT2D eigenvalue weighted by molar-refractivity contribution is 0.0523. The van der Waals surface area contributed by atoms with Crippen molar-refractivity contribution in [3.05, 3.63) is 51.2 Å². The number of H-pyrrole nitrogens is 1. The van der Waals surface area contributed by atoms with Gasteiger partial charge in [0, 0.05) is 6.20 Å². The third-order valence-corrected chi connectivity index (χ3v) is 2.74. The van der Waals surface area contributed by atoms with E-state index in [1.807, 2.05) is 0 Å². The molecule has 0 bridgehead atoms. The van der Waals surface area contributed by atoms with Gasteiger partial charge in [-0.2, -0.15) is 0 Å². The van der Waals surface area contributed by atoms with E-state index < -0.39 is 17.4 Å². The van der Waals surface area contributed by atoms with Crippen LogP contribution in [0.3, 0.4) is 0 Å². The quantitative estimate of drug-likeness (QED) is 0.646. The van der Waals surface area contributed by atoms with Crippen LogP contribution < -0.4 is 10.9 Å². The average Bonchev–Trinajstić information content (AvgIpc) is 2.48. The fraction of sp³-hybridized carbons (Fsp3) is 0.154. The summed E-state index contributed by atoms with van der Waals surface area (Å²) in [5.41, 5.74) is -0.715. The zero-order chi connectivity index (χ0) is 16.1. The van der Waals surface area contributed by atoms with E-state index in [9.17, 15) is 14.4 Å². The first-order valence-electron chi connectivity index (χ1n) is 6.20. The van der Waals surface area contributed by atoms with Crippen molar-refractivity contribution in [1.82, 2.24) is 15.0 Å². The van der Waals surface area contributed by atoms with E-state index in [2.05, 4.69) is 20.3 Å². The molecule has 114 valence electrons. The molecule has 0 aliphatic heterocycles. The van der Waals surface area contributed by atoms with Gasteiger partial charge < -0.3 is 4.74 Å². The highest BCUT2D eigenvalue weighted by molar-refractivity contribution is 6.29. The minimum atomic E-state index is -0.781. The highest BCUT2D eigenvalue weighted by Gasteiger charge is 2.14. The van der Waals surface area contributed by atoms with E-state index in [4.69, 9.17) is 16.3 Å². The van der Waals surface area contributed by atoms with Gasteiger partial charge in [-0.05, 0) is 19.1 Å². The summed E-state index contributed by atoms with van der Waals surface area (Å²) in [5.74, 6) is -1.41.